The van der Waals surface area contributed by atoms with Crippen molar-refractivity contribution in [3.63, 3.8) is 0 Å². The van der Waals surface area contributed by atoms with E-state index in [9.17, 15) is 9.59 Å². The van der Waals surface area contributed by atoms with Crippen molar-refractivity contribution in [3.8, 4) is 0 Å². The average molecular weight is 394 g/mol. The SMILES string of the molecule is COC(=O)C1=C(C(=O)OC)N(c2cccc(Cl)c2SC(C)C)C=CC=C1. The summed E-state index contributed by atoms with van der Waals surface area (Å²) in [7, 11) is 2.53. The Labute approximate surface area is 162 Å². The fourth-order valence-electron chi connectivity index (χ4n) is 2.39. The second-order valence-corrected chi connectivity index (χ2v) is 7.56. The van der Waals surface area contributed by atoms with Crippen LogP contribution in [0.5, 0.6) is 0 Å². The van der Waals surface area contributed by atoms with Crippen molar-refractivity contribution in [2.75, 3.05) is 19.1 Å². The predicted octanol–water partition coefficient (Wildman–Crippen LogP) is 4.33. The number of halogens is 1. The number of esters is 2. The molecule has 0 radical (unpaired) electrons. The number of benzene rings is 1. The Hall–Kier alpha value is -2.18. The molecule has 1 aliphatic heterocycles. The number of rotatable bonds is 5. The molecule has 1 aromatic rings. The molecule has 0 unspecified atom stereocenters. The minimum atomic E-state index is -0.651. The molecule has 0 amide bonds. The van der Waals surface area contributed by atoms with Crippen molar-refractivity contribution in [1.82, 2.24) is 0 Å². The number of nitrogens with zero attached hydrogens (tertiary/aromatic N) is 1. The van der Waals surface area contributed by atoms with Gasteiger partial charge in [0, 0.05) is 11.4 Å². The summed E-state index contributed by atoms with van der Waals surface area (Å²) in [5, 5.41) is 0.837. The number of hydrogen-bond donors (Lipinski definition) is 0. The van der Waals surface area contributed by atoms with Crippen LogP contribution >= 0.6 is 23.4 Å². The van der Waals surface area contributed by atoms with Crippen LogP contribution in [0.15, 0.2) is 58.8 Å². The van der Waals surface area contributed by atoms with Crippen LogP contribution < -0.4 is 4.90 Å². The Kier molecular flexibility index (Phi) is 6.94. The van der Waals surface area contributed by atoms with Crippen LogP contribution in [-0.4, -0.2) is 31.4 Å². The van der Waals surface area contributed by atoms with Gasteiger partial charge in [0.05, 0.1) is 35.4 Å². The molecule has 1 heterocycles. The monoisotopic (exact) mass is 393 g/mol. The molecule has 0 saturated carbocycles. The van der Waals surface area contributed by atoms with Gasteiger partial charge < -0.3 is 14.4 Å². The van der Waals surface area contributed by atoms with Gasteiger partial charge in [-0.25, -0.2) is 9.59 Å². The van der Waals surface area contributed by atoms with Gasteiger partial charge in [-0.15, -0.1) is 11.8 Å². The summed E-state index contributed by atoms with van der Waals surface area (Å²) in [5.41, 5.74) is 0.847. The summed E-state index contributed by atoms with van der Waals surface area (Å²) >= 11 is 7.98. The second-order valence-electron chi connectivity index (χ2n) is 5.57. The molecule has 0 N–H and O–H groups in total. The van der Waals surface area contributed by atoms with E-state index in [0.717, 1.165) is 4.90 Å². The lowest BCUT2D eigenvalue weighted by molar-refractivity contribution is -0.139. The van der Waals surface area contributed by atoms with Gasteiger partial charge >= 0.3 is 11.9 Å². The molecule has 1 aromatic carbocycles. The third-order valence-electron chi connectivity index (χ3n) is 3.45. The maximum Gasteiger partial charge on any atom is 0.355 e. The molecular formula is C19H20ClNO4S. The largest absolute Gasteiger partial charge is 0.465 e. The molecule has 5 nitrogen and oxygen atoms in total. The van der Waals surface area contributed by atoms with E-state index in [1.807, 2.05) is 6.07 Å². The number of thioether (sulfide) groups is 1. The number of ether oxygens (including phenoxy) is 2. The third-order valence-corrected chi connectivity index (χ3v) is 5.01. The zero-order chi connectivity index (χ0) is 19.3. The third kappa shape index (κ3) is 4.31. The van der Waals surface area contributed by atoms with Crippen LogP contribution in [0.2, 0.25) is 5.02 Å². The van der Waals surface area contributed by atoms with E-state index >= 15 is 0 Å². The average Bonchev–Trinajstić information content (AvgIpc) is 2.84. The summed E-state index contributed by atoms with van der Waals surface area (Å²) < 4.78 is 9.75. The lowest BCUT2D eigenvalue weighted by Crippen LogP contribution is -2.27. The van der Waals surface area contributed by atoms with Crippen LogP contribution in [0.25, 0.3) is 0 Å². The van der Waals surface area contributed by atoms with E-state index in [2.05, 4.69) is 13.8 Å². The molecule has 0 aromatic heterocycles. The molecule has 0 aliphatic carbocycles. The van der Waals surface area contributed by atoms with Crippen LogP contribution in [0.4, 0.5) is 5.69 Å². The Morgan fingerprint density at radius 2 is 1.81 bits per heavy atom. The van der Waals surface area contributed by atoms with E-state index in [-0.39, 0.29) is 16.5 Å². The standard InChI is InChI=1S/C19H20ClNO4S/c1-12(2)26-17-14(20)9-7-10-15(17)21-11-6-5-8-13(18(22)24-3)16(21)19(23)25-4/h5-12H,1-4H3. The van der Waals surface area contributed by atoms with Gasteiger partial charge in [0.1, 0.15) is 5.70 Å². The Bertz CT molecular complexity index is 799. The predicted molar refractivity (Wildman–Crippen MR) is 104 cm³/mol. The summed E-state index contributed by atoms with van der Waals surface area (Å²) in [6.45, 7) is 4.10. The summed E-state index contributed by atoms with van der Waals surface area (Å²) in [6, 6.07) is 5.42. The van der Waals surface area contributed by atoms with Crippen LogP contribution in [0.1, 0.15) is 13.8 Å². The van der Waals surface area contributed by atoms with Crippen LogP contribution in [0.3, 0.4) is 0 Å². The molecule has 7 heteroatoms. The van der Waals surface area contributed by atoms with Crippen molar-refractivity contribution in [3.05, 3.63) is 58.9 Å². The number of carbonyl (C=O) groups is 2. The highest BCUT2D eigenvalue weighted by Crippen LogP contribution is 2.40. The smallest absolute Gasteiger partial charge is 0.355 e. The zero-order valence-electron chi connectivity index (χ0n) is 15.0. The Morgan fingerprint density at radius 3 is 2.42 bits per heavy atom. The molecule has 1 aliphatic rings. The van der Waals surface area contributed by atoms with Crippen molar-refractivity contribution in [2.45, 2.75) is 24.0 Å². The first-order chi connectivity index (χ1) is 12.4. The summed E-state index contributed by atoms with van der Waals surface area (Å²) in [5.74, 6) is -1.28. The molecule has 0 spiro atoms. The van der Waals surface area contributed by atoms with Gasteiger partial charge in [0.2, 0.25) is 0 Å². The highest BCUT2D eigenvalue weighted by molar-refractivity contribution is 8.00. The molecule has 26 heavy (non-hydrogen) atoms. The van der Waals surface area contributed by atoms with Gasteiger partial charge in [-0.05, 0) is 24.3 Å². The number of carbonyl (C=O) groups excluding carboxylic acids is 2. The van der Waals surface area contributed by atoms with Crippen molar-refractivity contribution in [2.24, 2.45) is 0 Å². The lowest BCUT2D eigenvalue weighted by Gasteiger charge is -2.26. The first kappa shape index (κ1) is 20.1. The fraction of sp³-hybridized carbons (Fsp3) is 0.263. The first-order valence-electron chi connectivity index (χ1n) is 7.90. The highest BCUT2D eigenvalue weighted by Gasteiger charge is 2.29. The number of hydrogen-bond acceptors (Lipinski definition) is 6. The topological polar surface area (TPSA) is 55.8 Å². The summed E-state index contributed by atoms with van der Waals surface area (Å²) in [4.78, 5) is 27.2. The lowest BCUT2D eigenvalue weighted by atomic mass is 10.1. The highest BCUT2D eigenvalue weighted by atomic mass is 35.5. The molecule has 0 atom stereocenters. The maximum atomic E-state index is 12.5. The van der Waals surface area contributed by atoms with E-state index in [0.29, 0.717) is 10.7 Å². The van der Waals surface area contributed by atoms with Gasteiger partial charge in [-0.3, -0.25) is 0 Å². The number of methoxy groups -OCH3 is 2. The maximum absolute atomic E-state index is 12.5. The minimum absolute atomic E-state index is 0.0669. The minimum Gasteiger partial charge on any atom is -0.465 e. The number of anilines is 1. The Balaban J connectivity index is 2.72. The van der Waals surface area contributed by atoms with Gasteiger partial charge in [0.15, 0.2) is 0 Å². The molecule has 2 rings (SSSR count). The fourth-order valence-corrected chi connectivity index (χ4v) is 3.63. The van der Waals surface area contributed by atoms with Gasteiger partial charge in [-0.1, -0.05) is 37.6 Å². The first-order valence-corrected chi connectivity index (χ1v) is 9.16. The van der Waals surface area contributed by atoms with Crippen molar-refractivity contribution < 1.29 is 19.1 Å². The van der Waals surface area contributed by atoms with E-state index < -0.39 is 11.9 Å². The molecule has 0 bridgehead atoms. The molecule has 138 valence electrons. The molecule has 0 saturated heterocycles. The normalized spacial score (nSPS) is 13.8. The van der Waals surface area contributed by atoms with Crippen molar-refractivity contribution in [1.29, 1.82) is 0 Å². The Morgan fingerprint density at radius 1 is 1.12 bits per heavy atom. The van der Waals surface area contributed by atoms with E-state index in [1.54, 1.807) is 47.1 Å². The summed E-state index contributed by atoms with van der Waals surface area (Å²) in [6.07, 6.45) is 6.60. The molecular weight excluding hydrogens is 374 g/mol. The molecule has 0 fully saturated rings. The van der Waals surface area contributed by atoms with E-state index in [1.165, 1.54) is 20.3 Å². The zero-order valence-corrected chi connectivity index (χ0v) is 16.6. The van der Waals surface area contributed by atoms with Crippen LogP contribution in [-0.2, 0) is 19.1 Å². The van der Waals surface area contributed by atoms with Crippen molar-refractivity contribution >= 4 is 41.0 Å². The van der Waals surface area contributed by atoms with Gasteiger partial charge in [0.25, 0.3) is 0 Å². The van der Waals surface area contributed by atoms with Crippen LogP contribution in [0, 0.1) is 0 Å². The van der Waals surface area contributed by atoms with E-state index in [4.69, 9.17) is 21.1 Å². The van der Waals surface area contributed by atoms with Gasteiger partial charge in [-0.2, -0.15) is 0 Å². The number of allylic oxidation sites excluding steroid dienone is 2. The second kappa shape index (κ2) is 8.96. The quantitative estimate of drug-likeness (QED) is 0.548.